The largest absolute Gasteiger partial charge is 0.396 e. The lowest BCUT2D eigenvalue weighted by molar-refractivity contribution is -0.0207. The van der Waals surface area contributed by atoms with E-state index in [2.05, 4.69) is 15.6 Å². The van der Waals surface area contributed by atoms with Crippen molar-refractivity contribution in [3.05, 3.63) is 11.9 Å². The fraction of sp³-hybridized carbons (Fsp3) is 0.875. The van der Waals surface area contributed by atoms with Crippen molar-refractivity contribution in [1.82, 2.24) is 20.3 Å². The van der Waals surface area contributed by atoms with Crippen molar-refractivity contribution in [3.8, 4) is 0 Å². The van der Waals surface area contributed by atoms with Gasteiger partial charge in [-0.15, -0.1) is 5.10 Å². The van der Waals surface area contributed by atoms with Gasteiger partial charge in [0.05, 0.1) is 5.69 Å². The number of nitrogens with one attached hydrogen (secondary N) is 1. The van der Waals surface area contributed by atoms with Crippen LogP contribution in [0.4, 0.5) is 0 Å². The Kier molecular flexibility index (Phi) is 3.50. The number of rotatable bonds is 6. The predicted octanol–water partition coefficient (Wildman–Crippen LogP) is 1.72. The van der Waals surface area contributed by atoms with Crippen molar-refractivity contribution in [3.63, 3.8) is 0 Å². The average Bonchev–Trinajstić information content (AvgIpc) is 2.90. The highest BCUT2D eigenvalue weighted by atomic mass is 16.3. The van der Waals surface area contributed by atoms with Gasteiger partial charge in [0.15, 0.2) is 0 Å². The first-order valence-electron chi connectivity index (χ1n) is 8.49. The van der Waals surface area contributed by atoms with Crippen LogP contribution in [0.3, 0.4) is 0 Å². The Balaban J connectivity index is 1.37. The summed E-state index contributed by atoms with van der Waals surface area (Å²) in [5, 5.41) is 21.1. The van der Waals surface area contributed by atoms with Gasteiger partial charge in [-0.05, 0) is 62.7 Å². The SMILES string of the molecule is OCCCn1cc(CNC23CC4CC(CC(C4)C2)C3)nn1. The fourth-order valence-corrected chi connectivity index (χ4v) is 5.37. The summed E-state index contributed by atoms with van der Waals surface area (Å²) in [6, 6.07) is 0. The molecule has 0 saturated heterocycles. The molecule has 0 radical (unpaired) electrons. The zero-order valence-corrected chi connectivity index (χ0v) is 12.7. The number of aryl methyl sites for hydroxylation is 1. The van der Waals surface area contributed by atoms with Gasteiger partial charge in [-0.3, -0.25) is 4.68 Å². The Morgan fingerprint density at radius 3 is 2.48 bits per heavy atom. The van der Waals surface area contributed by atoms with E-state index >= 15 is 0 Å². The predicted molar refractivity (Wildman–Crippen MR) is 79.5 cm³/mol. The van der Waals surface area contributed by atoms with Gasteiger partial charge in [-0.25, -0.2) is 0 Å². The van der Waals surface area contributed by atoms with E-state index in [-0.39, 0.29) is 6.61 Å². The smallest absolute Gasteiger partial charge is 0.0965 e. The zero-order chi connectivity index (χ0) is 14.3. The first-order chi connectivity index (χ1) is 10.2. The molecular weight excluding hydrogens is 264 g/mol. The third-order valence-corrected chi connectivity index (χ3v) is 5.81. The maximum absolute atomic E-state index is 8.86. The van der Waals surface area contributed by atoms with Gasteiger partial charge in [0.1, 0.15) is 0 Å². The standard InChI is InChI=1S/C16H26N4O/c21-3-1-2-20-11-15(18-19-20)10-17-16-7-12-4-13(8-16)6-14(5-12)9-16/h11-14,17,21H,1-10H2. The molecule has 1 aromatic heterocycles. The summed E-state index contributed by atoms with van der Waals surface area (Å²) in [5.41, 5.74) is 1.42. The van der Waals surface area contributed by atoms with Gasteiger partial charge < -0.3 is 10.4 Å². The summed E-state index contributed by atoms with van der Waals surface area (Å²) in [6.45, 7) is 1.80. The summed E-state index contributed by atoms with van der Waals surface area (Å²) in [5.74, 6) is 2.93. The van der Waals surface area contributed by atoms with Gasteiger partial charge in [0, 0.05) is 31.4 Å². The van der Waals surface area contributed by atoms with Crippen LogP contribution in [0.2, 0.25) is 0 Å². The van der Waals surface area contributed by atoms with Crippen LogP contribution in [0.15, 0.2) is 6.20 Å². The van der Waals surface area contributed by atoms with E-state index in [0.29, 0.717) is 5.54 Å². The minimum Gasteiger partial charge on any atom is -0.396 e. The molecule has 1 aromatic rings. The molecule has 4 fully saturated rings. The molecule has 5 rings (SSSR count). The minimum absolute atomic E-state index is 0.209. The first kappa shape index (κ1) is 13.7. The van der Waals surface area contributed by atoms with Gasteiger partial charge >= 0.3 is 0 Å². The number of aliphatic hydroxyl groups excluding tert-OH is 1. The van der Waals surface area contributed by atoms with Gasteiger partial charge in [-0.2, -0.15) is 0 Å². The van der Waals surface area contributed by atoms with Crippen molar-refractivity contribution >= 4 is 0 Å². The molecule has 0 atom stereocenters. The third-order valence-electron chi connectivity index (χ3n) is 5.81. The first-order valence-corrected chi connectivity index (χ1v) is 8.49. The Morgan fingerprint density at radius 1 is 1.19 bits per heavy atom. The molecule has 2 N–H and O–H groups in total. The molecule has 0 aromatic carbocycles. The van der Waals surface area contributed by atoms with Crippen LogP contribution >= 0.6 is 0 Å². The second-order valence-electron chi connectivity index (χ2n) is 7.60. The van der Waals surface area contributed by atoms with Gasteiger partial charge in [0.2, 0.25) is 0 Å². The number of aromatic nitrogens is 3. The number of hydrogen-bond donors (Lipinski definition) is 2. The number of aliphatic hydroxyl groups is 1. The topological polar surface area (TPSA) is 63.0 Å². The maximum Gasteiger partial charge on any atom is 0.0965 e. The Labute approximate surface area is 126 Å². The van der Waals surface area contributed by atoms with E-state index in [1.165, 1.54) is 38.5 Å². The Hall–Kier alpha value is -0.940. The summed E-state index contributed by atoms with van der Waals surface area (Å²) in [7, 11) is 0. The molecule has 4 saturated carbocycles. The highest BCUT2D eigenvalue weighted by Crippen LogP contribution is 2.55. The van der Waals surface area contributed by atoms with Crippen LogP contribution < -0.4 is 5.32 Å². The summed E-state index contributed by atoms with van der Waals surface area (Å²) in [4.78, 5) is 0. The molecule has 1 heterocycles. The van der Waals surface area contributed by atoms with Crippen LogP contribution in [0.25, 0.3) is 0 Å². The lowest BCUT2D eigenvalue weighted by Gasteiger charge is -2.57. The molecule has 0 unspecified atom stereocenters. The van der Waals surface area contributed by atoms with Crippen LogP contribution in [0, 0.1) is 17.8 Å². The van der Waals surface area contributed by atoms with Crippen LogP contribution in [0.1, 0.15) is 50.6 Å². The van der Waals surface area contributed by atoms with Gasteiger partial charge in [0.25, 0.3) is 0 Å². The molecule has 5 heteroatoms. The number of hydrogen-bond acceptors (Lipinski definition) is 4. The highest BCUT2D eigenvalue weighted by molar-refractivity contribution is 5.07. The minimum atomic E-state index is 0.209. The van der Waals surface area contributed by atoms with E-state index in [1.807, 2.05) is 10.9 Å². The average molecular weight is 290 g/mol. The second-order valence-corrected chi connectivity index (χ2v) is 7.60. The second kappa shape index (κ2) is 5.36. The zero-order valence-electron chi connectivity index (χ0n) is 12.7. The van der Waals surface area contributed by atoms with Crippen LogP contribution in [-0.4, -0.2) is 32.2 Å². The quantitative estimate of drug-likeness (QED) is 0.837. The lowest BCUT2D eigenvalue weighted by Crippen LogP contribution is -2.58. The van der Waals surface area contributed by atoms with Crippen molar-refractivity contribution in [2.45, 2.75) is 63.6 Å². The van der Waals surface area contributed by atoms with E-state index in [1.54, 1.807) is 0 Å². The molecule has 0 amide bonds. The Morgan fingerprint density at radius 2 is 1.86 bits per heavy atom. The van der Waals surface area contributed by atoms with Crippen molar-refractivity contribution in [2.75, 3.05) is 6.61 Å². The summed E-state index contributed by atoms with van der Waals surface area (Å²) < 4.78 is 1.84. The van der Waals surface area contributed by atoms with Crippen molar-refractivity contribution in [1.29, 1.82) is 0 Å². The lowest BCUT2D eigenvalue weighted by atomic mass is 9.53. The molecular formula is C16H26N4O. The molecule has 4 aliphatic carbocycles. The number of nitrogens with zero attached hydrogens (tertiary/aromatic N) is 3. The summed E-state index contributed by atoms with van der Waals surface area (Å²) >= 11 is 0. The van der Waals surface area contributed by atoms with E-state index < -0.39 is 0 Å². The van der Waals surface area contributed by atoms with Crippen LogP contribution in [0.5, 0.6) is 0 Å². The normalized spacial score (nSPS) is 37.3. The monoisotopic (exact) mass is 290 g/mol. The molecule has 0 spiro atoms. The molecule has 4 bridgehead atoms. The molecule has 0 aliphatic heterocycles. The van der Waals surface area contributed by atoms with E-state index in [0.717, 1.165) is 43.0 Å². The summed E-state index contributed by atoms with van der Waals surface area (Å²) in [6.07, 6.45) is 11.3. The van der Waals surface area contributed by atoms with E-state index in [4.69, 9.17) is 5.11 Å². The van der Waals surface area contributed by atoms with E-state index in [9.17, 15) is 0 Å². The highest BCUT2D eigenvalue weighted by Gasteiger charge is 2.50. The molecule has 116 valence electrons. The molecule has 21 heavy (non-hydrogen) atoms. The van der Waals surface area contributed by atoms with Gasteiger partial charge in [-0.1, -0.05) is 5.21 Å². The Bertz CT molecular complexity index is 463. The maximum atomic E-state index is 8.86. The van der Waals surface area contributed by atoms with Crippen molar-refractivity contribution in [2.24, 2.45) is 17.8 Å². The van der Waals surface area contributed by atoms with Crippen LogP contribution in [-0.2, 0) is 13.1 Å². The molecule has 4 aliphatic rings. The fourth-order valence-electron chi connectivity index (χ4n) is 5.37. The van der Waals surface area contributed by atoms with Crippen molar-refractivity contribution < 1.29 is 5.11 Å². The third kappa shape index (κ3) is 2.73. The molecule has 5 nitrogen and oxygen atoms in total.